The first-order valence-corrected chi connectivity index (χ1v) is 3.49. The number of hydrogen-bond acceptors (Lipinski definition) is 6. The Bertz CT molecular complexity index is 144. The summed E-state index contributed by atoms with van der Waals surface area (Å²) >= 11 is 0. The summed E-state index contributed by atoms with van der Waals surface area (Å²) in [6.07, 6.45) is -3.96. The standard InChI is InChI=1S/C6H14N2O4/c7-1-4(10)6(12)5(11)3(8)2-9/h2-6,10-12H,1,7-8H2. The first kappa shape index (κ1) is 11.5. The molecule has 6 nitrogen and oxygen atoms in total. The smallest absolute Gasteiger partial charge is 0.139 e. The van der Waals surface area contributed by atoms with Gasteiger partial charge in [0.25, 0.3) is 0 Å². The summed E-state index contributed by atoms with van der Waals surface area (Å²) in [7, 11) is 0. The van der Waals surface area contributed by atoms with Gasteiger partial charge in [0.15, 0.2) is 0 Å². The molecule has 12 heavy (non-hydrogen) atoms. The zero-order valence-corrected chi connectivity index (χ0v) is 6.50. The molecule has 72 valence electrons. The highest BCUT2D eigenvalue weighted by Crippen LogP contribution is 2.01. The van der Waals surface area contributed by atoms with Gasteiger partial charge >= 0.3 is 0 Å². The normalized spacial score (nSPS) is 21.1. The van der Waals surface area contributed by atoms with Crippen molar-refractivity contribution in [3.05, 3.63) is 0 Å². The zero-order chi connectivity index (χ0) is 9.72. The maximum absolute atomic E-state index is 10.1. The third-order valence-corrected chi connectivity index (χ3v) is 1.54. The van der Waals surface area contributed by atoms with Crippen LogP contribution in [0.25, 0.3) is 0 Å². The van der Waals surface area contributed by atoms with Crippen molar-refractivity contribution in [1.82, 2.24) is 0 Å². The fourth-order valence-corrected chi connectivity index (χ4v) is 0.675. The van der Waals surface area contributed by atoms with Crippen LogP contribution in [-0.4, -0.2) is 52.5 Å². The molecule has 4 unspecified atom stereocenters. The number of aliphatic hydroxyl groups is 3. The van der Waals surface area contributed by atoms with E-state index < -0.39 is 24.4 Å². The third kappa shape index (κ3) is 2.84. The van der Waals surface area contributed by atoms with Crippen molar-refractivity contribution in [2.24, 2.45) is 11.5 Å². The first-order chi connectivity index (χ1) is 5.54. The van der Waals surface area contributed by atoms with Crippen molar-refractivity contribution < 1.29 is 20.1 Å². The summed E-state index contributed by atoms with van der Waals surface area (Å²) in [5, 5.41) is 27.1. The van der Waals surface area contributed by atoms with E-state index in [2.05, 4.69) is 0 Å². The largest absolute Gasteiger partial charge is 0.389 e. The number of rotatable bonds is 5. The Morgan fingerprint density at radius 3 is 2.08 bits per heavy atom. The second kappa shape index (κ2) is 5.18. The highest BCUT2D eigenvalue weighted by Gasteiger charge is 2.28. The van der Waals surface area contributed by atoms with Gasteiger partial charge in [-0.15, -0.1) is 0 Å². The number of hydrogen-bond donors (Lipinski definition) is 5. The molecule has 0 rings (SSSR count). The Morgan fingerprint density at radius 2 is 1.75 bits per heavy atom. The Kier molecular flexibility index (Phi) is 4.95. The second-order valence-corrected chi connectivity index (χ2v) is 2.50. The Morgan fingerprint density at radius 1 is 1.25 bits per heavy atom. The maximum atomic E-state index is 10.1. The van der Waals surface area contributed by atoms with E-state index in [1.165, 1.54) is 0 Å². The lowest BCUT2D eigenvalue weighted by atomic mass is 10.0. The van der Waals surface area contributed by atoms with Crippen molar-refractivity contribution in [1.29, 1.82) is 0 Å². The molecule has 0 fully saturated rings. The molecule has 0 amide bonds. The SMILES string of the molecule is NCC(O)C(O)C(O)C(N)C=O. The number of nitrogens with two attached hydrogens (primary N) is 2. The van der Waals surface area contributed by atoms with E-state index in [0.29, 0.717) is 0 Å². The monoisotopic (exact) mass is 178 g/mol. The molecular weight excluding hydrogens is 164 g/mol. The minimum absolute atomic E-state index is 0.205. The quantitative estimate of drug-likeness (QED) is 0.278. The maximum Gasteiger partial charge on any atom is 0.139 e. The van der Waals surface area contributed by atoms with Crippen LogP contribution in [-0.2, 0) is 4.79 Å². The fourth-order valence-electron chi connectivity index (χ4n) is 0.675. The second-order valence-electron chi connectivity index (χ2n) is 2.50. The Balaban J connectivity index is 4.07. The van der Waals surface area contributed by atoms with Crippen LogP contribution in [0.15, 0.2) is 0 Å². The summed E-state index contributed by atoms with van der Waals surface area (Å²) in [5.74, 6) is 0. The Hall–Kier alpha value is -0.530. The highest BCUT2D eigenvalue weighted by atomic mass is 16.4. The first-order valence-electron chi connectivity index (χ1n) is 3.49. The summed E-state index contributed by atoms with van der Waals surface area (Å²) in [5.41, 5.74) is 10.1. The van der Waals surface area contributed by atoms with E-state index >= 15 is 0 Å². The van der Waals surface area contributed by atoms with Gasteiger partial charge in [-0.1, -0.05) is 0 Å². The van der Waals surface area contributed by atoms with Gasteiger partial charge in [-0.3, -0.25) is 0 Å². The molecule has 0 aromatic rings. The van der Waals surface area contributed by atoms with E-state index in [1.54, 1.807) is 0 Å². The molecule has 4 atom stereocenters. The molecule has 7 N–H and O–H groups in total. The zero-order valence-electron chi connectivity index (χ0n) is 6.50. The van der Waals surface area contributed by atoms with Crippen molar-refractivity contribution >= 4 is 6.29 Å². The average molecular weight is 178 g/mol. The van der Waals surface area contributed by atoms with Crippen LogP contribution in [0.4, 0.5) is 0 Å². The topological polar surface area (TPSA) is 130 Å². The van der Waals surface area contributed by atoms with E-state index in [1.807, 2.05) is 0 Å². The molecule has 0 heterocycles. The van der Waals surface area contributed by atoms with Gasteiger partial charge < -0.3 is 31.6 Å². The van der Waals surface area contributed by atoms with Crippen LogP contribution in [0.3, 0.4) is 0 Å². The number of carbonyl (C=O) groups excluding carboxylic acids is 1. The molecular formula is C6H14N2O4. The van der Waals surface area contributed by atoms with Gasteiger partial charge in [0.1, 0.15) is 18.5 Å². The minimum atomic E-state index is -1.49. The van der Waals surface area contributed by atoms with Gasteiger partial charge in [0.2, 0.25) is 0 Å². The lowest BCUT2D eigenvalue weighted by Gasteiger charge is -2.23. The summed E-state index contributed by atoms with van der Waals surface area (Å²) in [6, 6.07) is -1.21. The van der Waals surface area contributed by atoms with Gasteiger partial charge in [-0.2, -0.15) is 0 Å². The number of carbonyl (C=O) groups is 1. The molecule has 6 heteroatoms. The third-order valence-electron chi connectivity index (χ3n) is 1.54. The van der Waals surface area contributed by atoms with Gasteiger partial charge in [0, 0.05) is 6.54 Å². The number of aliphatic hydroxyl groups excluding tert-OH is 3. The molecule has 0 aliphatic heterocycles. The van der Waals surface area contributed by atoms with Gasteiger partial charge in [0.05, 0.1) is 12.1 Å². The molecule has 0 radical (unpaired) electrons. The van der Waals surface area contributed by atoms with Crippen LogP contribution in [0.1, 0.15) is 0 Å². The number of aldehydes is 1. The van der Waals surface area contributed by atoms with E-state index in [4.69, 9.17) is 26.8 Å². The molecule has 0 saturated carbocycles. The van der Waals surface area contributed by atoms with E-state index in [0.717, 1.165) is 0 Å². The van der Waals surface area contributed by atoms with Crippen LogP contribution in [0, 0.1) is 0 Å². The fraction of sp³-hybridized carbons (Fsp3) is 0.833. The molecule has 0 saturated heterocycles. The predicted octanol–water partition coefficient (Wildman–Crippen LogP) is -3.45. The summed E-state index contributed by atoms with van der Waals surface area (Å²) < 4.78 is 0. The van der Waals surface area contributed by atoms with Crippen molar-refractivity contribution in [3.8, 4) is 0 Å². The van der Waals surface area contributed by atoms with Crippen molar-refractivity contribution in [2.75, 3.05) is 6.54 Å². The van der Waals surface area contributed by atoms with E-state index in [-0.39, 0.29) is 12.8 Å². The van der Waals surface area contributed by atoms with Crippen LogP contribution in [0.5, 0.6) is 0 Å². The average Bonchev–Trinajstić information content (AvgIpc) is 2.12. The lowest BCUT2D eigenvalue weighted by molar-refractivity contribution is -0.116. The Labute approximate surface area is 69.8 Å². The molecule has 0 aromatic heterocycles. The highest BCUT2D eigenvalue weighted by molar-refractivity contribution is 5.58. The predicted molar refractivity (Wildman–Crippen MR) is 41.1 cm³/mol. The van der Waals surface area contributed by atoms with Crippen LogP contribution in [0.2, 0.25) is 0 Å². The van der Waals surface area contributed by atoms with Gasteiger partial charge in [-0.25, -0.2) is 0 Å². The van der Waals surface area contributed by atoms with Crippen molar-refractivity contribution in [2.45, 2.75) is 24.4 Å². The molecule has 0 aliphatic rings. The van der Waals surface area contributed by atoms with Crippen LogP contribution < -0.4 is 11.5 Å². The van der Waals surface area contributed by atoms with E-state index in [9.17, 15) is 4.79 Å². The molecule has 0 spiro atoms. The minimum Gasteiger partial charge on any atom is -0.389 e. The summed E-state index contributed by atoms with van der Waals surface area (Å²) in [4.78, 5) is 10.1. The molecule has 0 aliphatic carbocycles. The van der Waals surface area contributed by atoms with Gasteiger partial charge in [-0.05, 0) is 0 Å². The van der Waals surface area contributed by atoms with Crippen molar-refractivity contribution in [3.63, 3.8) is 0 Å². The molecule has 0 aromatic carbocycles. The van der Waals surface area contributed by atoms with Crippen LogP contribution >= 0.6 is 0 Å². The lowest BCUT2D eigenvalue weighted by Crippen LogP contribution is -2.50. The molecule has 0 bridgehead atoms. The summed E-state index contributed by atoms with van der Waals surface area (Å²) in [6.45, 7) is -0.205.